The average Bonchev–Trinajstić information content (AvgIpc) is 2.91. The summed E-state index contributed by atoms with van der Waals surface area (Å²) in [4.78, 5) is 22.8. The molecule has 0 aromatic carbocycles. The largest absolute Gasteiger partial charge is 0.481 e. The van der Waals surface area contributed by atoms with Crippen LogP contribution in [0.25, 0.3) is 0 Å². The first-order chi connectivity index (χ1) is 11.4. The molecular formula is C21H28O3. The number of fused-ring (bicyclic) bond motifs is 5. The standard InChI is InChI=1S/C21H28O3/c1-20-9-7-13(12-22)11-14(20)3-4-15-16-5-6-18(19(23)24)21(16,2)10-8-17(15)20/h11,15-18H,3-10H2,1-2H3,(H,23,24)/t15-,16-,17-,18+,20-,21-/m0/s1. The Morgan fingerprint density at radius 3 is 2.62 bits per heavy atom. The monoisotopic (exact) mass is 328 g/mol. The van der Waals surface area contributed by atoms with Crippen LogP contribution in [0.5, 0.6) is 0 Å². The molecule has 130 valence electrons. The third-order valence-corrected chi connectivity index (χ3v) is 8.43. The van der Waals surface area contributed by atoms with E-state index in [0.29, 0.717) is 17.8 Å². The summed E-state index contributed by atoms with van der Waals surface area (Å²) in [5, 5.41) is 9.66. The lowest BCUT2D eigenvalue weighted by Gasteiger charge is -2.58. The van der Waals surface area contributed by atoms with Gasteiger partial charge in [-0.05, 0) is 86.0 Å². The maximum atomic E-state index is 11.7. The molecule has 0 aromatic rings. The minimum Gasteiger partial charge on any atom is -0.481 e. The highest BCUT2D eigenvalue weighted by molar-refractivity contribution is 5.71. The van der Waals surface area contributed by atoms with E-state index in [-0.39, 0.29) is 16.7 Å². The van der Waals surface area contributed by atoms with E-state index in [0.717, 1.165) is 50.5 Å². The number of hydrogen-bond acceptors (Lipinski definition) is 2. The summed E-state index contributed by atoms with van der Waals surface area (Å²) < 4.78 is 0. The van der Waals surface area contributed by atoms with Crippen molar-refractivity contribution in [1.82, 2.24) is 0 Å². The number of hydrogen-bond donors (Lipinski definition) is 1. The second kappa shape index (κ2) is 5.33. The number of rotatable bonds is 1. The molecular weight excluding hydrogens is 300 g/mol. The molecule has 3 saturated carbocycles. The van der Waals surface area contributed by atoms with Gasteiger partial charge in [-0.25, -0.2) is 4.79 Å². The van der Waals surface area contributed by atoms with Crippen molar-refractivity contribution in [2.75, 3.05) is 0 Å². The Balaban J connectivity index is 1.67. The van der Waals surface area contributed by atoms with E-state index in [2.05, 4.69) is 25.9 Å². The Bertz CT molecular complexity index is 656. The van der Waals surface area contributed by atoms with E-state index >= 15 is 0 Å². The summed E-state index contributed by atoms with van der Waals surface area (Å²) in [5.74, 6) is 3.28. The molecule has 0 bridgehead atoms. The van der Waals surface area contributed by atoms with Crippen LogP contribution >= 0.6 is 0 Å². The third-order valence-electron chi connectivity index (χ3n) is 8.43. The van der Waals surface area contributed by atoms with E-state index in [1.54, 1.807) is 0 Å². The van der Waals surface area contributed by atoms with Gasteiger partial charge in [-0.3, -0.25) is 4.79 Å². The van der Waals surface area contributed by atoms with Crippen molar-refractivity contribution < 1.29 is 14.7 Å². The number of carbonyl (C=O) groups excluding carboxylic acids is 1. The van der Waals surface area contributed by atoms with Gasteiger partial charge in [0.25, 0.3) is 0 Å². The summed E-state index contributed by atoms with van der Waals surface area (Å²) in [5.41, 5.74) is 2.51. The molecule has 4 aliphatic carbocycles. The van der Waals surface area contributed by atoms with Crippen LogP contribution in [0.4, 0.5) is 0 Å². The summed E-state index contributed by atoms with van der Waals surface area (Å²) >= 11 is 0. The van der Waals surface area contributed by atoms with Crippen LogP contribution in [0.2, 0.25) is 0 Å². The molecule has 0 amide bonds. The molecule has 4 aliphatic rings. The van der Waals surface area contributed by atoms with Gasteiger partial charge in [0, 0.05) is 5.57 Å². The van der Waals surface area contributed by atoms with Crippen LogP contribution in [0.1, 0.15) is 65.2 Å². The van der Waals surface area contributed by atoms with Gasteiger partial charge >= 0.3 is 5.97 Å². The van der Waals surface area contributed by atoms with Crippen LogP contribution in [-0.2, 0) is 9.59 Å². The molecule has 3 nitrogen and oxygen atoms in total. The molecule has 0 aliphatic heterocycles. The van der Waals surface area contributed by atoms with Gasteiger partial charge in [0.15, 0.2) is 0 Å². The van der Waals surface area contributed by atoms with Crippen molar-refractivity contribution in [1.29, 1.82) is 0 Å². The zero-order chi connectivity index (χ0) is 17.1. The maximum Gasteiger partial charge on any atom is 0.307 e. The molecule has 0 heterocycles. The Kier molecular flexibility index (Phi) is 3.58. The summed E-state index contributed by atoms with van der Waals surface area (Å²) in [6.07, 6.45) is 10.4. The Hall–Kier alpha value is -1.34. The number of carboxylic acid groups (broad SMARTS) is 1. The number of allylic oxidation sites excluding steroid dienone is 3. The molecule has 0 radical (unpaired) electrons. The zero-order valence-corrected chi connectivity index (χ0v) is 14.8. The minimum atomic E-state index is -0.584. The molecule has 0 aromatic heterocycles. The molecule has 4 rings (SSSR count). The van der Waals surface area contributed by atoms with Gasteiger partial charge in [-0.15, -0.1) is 0 Å². The molecule has 3 heteroatoms. The first-order valence-electron chi connectivity index (χ1n) is 9.58. The van der Waals surface area contributed by atoms with E-state index < -0.39 is 5.97 Å². The SMILES string of the molecule is C[C@]12CC[C@H]3[C@@H](CCC4=CC(=C=O)CC[C@@]43C)[C@@H]1CC[C@@H]2C(=O)O. The lowest BCUT2D eigenvalue weighted by molar-refractivity contribution is -0.149. The zero-order valence-electron chi connectivity index (χ0n) is 14.8. The van der Waals surface area contributed by atoms with Crippen molar-refractivity contribution in [2.45, 2.75) is 65.2 Å². The molecule has 0 saturated heterocycles. The highest BCUT2D eigenvalue weighted by Crippen LogP contribution is 2.66. The van der Waals surface area contributed by atoms with Crippen molar-refractivity contribution in [3.63, 3.8) is 0 Å². The van der Waals surface area contributed by atoms with E-state index in [1.807, 2.05) is 0 Å². The van der Waals surface area contributed by atoms with Gasteiger partial charge < -0.3 is 5.11 Å². The smallest absolute Gasteiger partial charge is 0.307 e. The van der Waals surface area contributed by atoms with Crippen LogP contribution in [-0.4, -0.2) is 17.0 Å². The highest BCUT2D eigenvalue weighted by atomic mass is 16.4. The van der Waals surface area contributed by atoms with Crippen LogP contribution in [0.3, 0.4) is 0 Å². The second-order valence-corrected chi connectivity index (χ2v) is 9.14. The van der Waals surface area contributed by atoms with Crippen molar-refractivity contribution >= 4 is 11.9 Å². The molecule has 1 N–H and O–H groups in total. The summed E-state index contributed by atoms with van der Waals surface area (Å²) in [6.45, 7) is 4.66. The van der Waals surface area contributed by atoms with Crippen LogP contribution in [0.15, 0.2) is 17.2 Å². The van der Waals surface area contributed by atoms with Crippen LogP contribution < -0.4 is 0 Å². The van der Waals surface area contributed by atoms with Crippen LogP contribution in [0, 0.1) is 34.5 Å². The van der Waals surface area contributed by atoms with E-state index in [9.17, 15) is 14.7 Å². The second-order valence-electron chi connectivity index (χ2n) is 9.14. The fourth-order valence-electron chi connectivity index (χ4n) is 7.07. The van der Waals surface area contributed by atoms with Gasteiger partial charge in [-0.2, -0.15) is 0 Å². The average molecular weight is 328 g/mol. The number of aliphatic carboxylic acids is 1. The fraction of sp³-hybridized carbons (Fsp3) is 0.762. The normalized spacial score (nSPS) is 47.1. The minimum absolute atomic E-state index is 0.00684. The summed E-state index contributed by atoms with van der Waals surface area (Å²) in [6, 6.07) is 0. The van der Waals surface area contributed by atoms with E-state index in [4.69, 9.17) is 0 Å². The first kappa shape index (κ1) is 16.1. The van der Waals surface area contributed by atoms with E-state index in [1.165, 1.54) is 12.0 Å². The van der Waals surface area contributed by atoms with Crippen molar-refractivity contribution in [2.24, 2.45) is 34.5 Å². The predicted molar refractivity (Wildman–Crippen MR) is 92.0 cm³/mol. The van der Waals surface area contributed by atoms with Crippen molar-refractivity contribution in [3.05, 3.63) is 17.2 Å². The summed E-state index contributed by atoms with van der Waals surface area (Å²) in [7, 11) is 0. The fourth-order valence-corrected chi connectivity index (χ4v) is 7.07. The van der Waals surface area contributed by atoms with Gasteiger partial charge in [0.1, 0.15) is 5.94 Å². The first-order valence-corrected chi connectivity index (χ1v) is 9.58. The number of carboxylic acids is 1. The topological polar surface area (TPSA) is 54.4 Å². The Labute approximate surface area is 144 Å². The molecule has 3 fully saturated rings. The number of carbonyl (C=O) groups is 1. The maximum absolute atomic E-state index is 11.7. The Morgan fingerprint density at radius 1 is 1.12 bits per heavy atom. The Morgan fingerprint density at radius 2 is 1.92 bits per heavy atom. The lowest BCUT2D eigenvalue weighted by atomic mass is 9.47. The highest BCUT2D eigenvalue weighted by Gasteiger charge is 2.60. The van der Waals surface area contributed by atoms with Gasteiger partial charge in [0.05, 0.1) is 5.92 Å². The quantitative estimate of drug-likeness (QED) is 0.726. The molecule has 0 unspecified atom stereocenters. The molecule has 0 spiro atoms. The van der Waals surface area contributed by atoms with Gasteiger partial charge in [-0.1, -0.05) is 19.4 Å². The molecule has 6 atom stereocenters. The van der Waals surface area contributed by atoms with Crippen molar-refractivity contribution in [3.8, 4) is 0 Å². The third kappa shape index (κ3) is 2.03. The predicted octanol–water partition coefficient (Wildman–Crippen LogP) is 4.41. The molecule has 24 heavy (non-hydrogen) atoms. The van der Waals surface area contributed by atoms with Gasteiger partial charge in [0.2, 0.25) is 0 Å². The lowest BCUT2D eigenvalue weighted by Crippen LogP contribution is -2.50.